The summed E-state index contributed by atoms with van der Waals surface area (Å²) in [5.41, 5.74) is 1.91. The number of fused-ring (bicyclic) bond motifs is 4. The number of aliphatic hydroxyl groups excluding tert-OH is 4. The number of phenols is 1. The number of rotatable bonds is 45. The van der Waals surface area contributed by atoms with E-state index in [2.05, 4.69) is 15.3 Å². The zero-order valence-electron chi connectivity index (χ0n) is 56.4. The lowest BCUT2D eigenvalue weighted by molar-refractivity contribution is -0.277. The van der Waals surface area contributed by atoms with Crippen molar-refractivity contribution in [3.05, 3.63) is 107 Å². The molecule has 0 saturated carbocycles. The normalized spacial score (nSPS) is 18.2. The van der Waals surface area contributed by atoms with Gasteiger partial charge in [-0.15, -0.1) is 25.1 Å². The van der Waals surface area contributed by atoms with E-state index in [1.54, 1.807) is 22.9 Å². The van der Waals surface area contributed by atoms with Gasteiger partial charge in [-0.3, -0.25) is 28.9 Å². The molecule has 102 heavy (non-hydrogen) atoms. The van der Waals surface area contributed by atoms with Crippen molar-refractivity contribution in [2.45, 2.75) is 56.5 Å². The van der Waals surface area contributed by atoms with Crippen molar-refractivity contribution in [3.63, 3.8) is 0 Å². The monoisotopic (exact) mass is 1470 g/mol. The smallest absolute Gasteiger partial charge is 0.501 e. The number of Topliss-reactive ketones (excluding diaryl/α,β-unsaturated/α-hetero) is 1. The van der Waals surface area contributed by atoms with Crippen LogP contribution in [-0.4, -0.2) is 289 Å². The molecule has 0 radical (unpaired) electrons. The van der Waals surface area contributed by atoms with Gasteiger partial charge in [-0.1, -0.05) is 5.21 Å². The number of hydrogen-bond donors (Lipinski definition) is 6. The SMILES string of the molecule is COc1ccc2c(OS(=O)(=O)Oc3cc(C(=O)N(C)CCOCCOCCOCCn4cc(CCOCCOCCOCCOCCOCCOCCN5C(=O)C=CC5=O)nn4)ccc3O[C@@H]3O[C@H](CO)[C@H](O)[C@H](O)C3O)cc3c(c2c1)[C@H](CCl)CN3C(=O)c1cc2cc(C(C)=O)c(O)cc2[nH]1. The summed E-state index contributed by atoms with van der Waals surface area (Å²) in [5, 5.41) is 61.8. The van der Waals surface area contributed by atoms with Crippen LogP contribution < -0.4 is 22.7 Å². The van der Waals surface area contributed by atoms with E-state index in [1.807, 2.05) is 6.20 Å². The van der Waals surface area contributed by atoms with Crippen LogP contribution in [0.25, 0.3) is 21.7 Å². The van der Waals surface area contributed by atoms with Crippen molar-refractivity contribution >= 4 is 78.8 Å². The molecule has 1 fully saturated rings. The van der Waals surface area contributed by atoms with Crippen LogP contribution in [0.15, 0.2) is 79.0 Å². The predicted molar refractivity (Wildman–Crippen MR) is 361 cm³/mol. The minimum atomic E-state index is -5.31. The Morgan fingerprint density at radius 2 is 1.29 bits per heavy atom. The molecule has 6 atom stereocenters. The van der Waals surface area contributed by atoms with Gasteiger partial charge in [0.05, 0.1) is 163 Å². The topological polar surface area (TPSA) is 406 Å². The second kappa shape index (κ2) is 38.5. The number of likely N-dealkylation sites (N-methyl/N-ethyl adjacent to an activating group) is 1. The number of aromatic amines is 1. The number of carbonyl (C=O) groups excluding carboxylic acids is 5. The van der Waals surface area contributed by atoms with Crippen LogP contribution >= 0.6 is 11.6 Å². The number of amides is 4. The van der Waals surface area contributed by atoms with E-state index in [1.165, 1.54) is 73.4 Å². The molecule has 9 rings (SSSR count). The minimum absolute atomic E-state index is 0.0294. The van der Waals surface area contributed by atoms with E-state index in [9.17, 15) is 57.9 Å². The summed E-state index contributed by atoms with van der Waals surface area (Å²) < 4.78 is 109. The number of methoxy groups -OCH3 is 1. The number of hydrogen-bond acceptors (Lipinski definition) is 28. The van der Waals surface area contributed by atoms with E-state index in [-0.39, 0.29) is 116 Å². The molecule has 3 aliphatic rings. The summed E-state index contributed by atoms with van der Waals surface area (Å²) in [4.78, 5) is 70.5. The predicted octanol–water partition coefficient (Wildman–Crippen LogP) is 2.08. The number of imide groups is 1. The van der Waals surface area contributed by atoms with E-state index >= 15 is 0 Å². The average molecular weight is 1470 g/mol. The molecule has 4 amide bonds. The third-order valence-electron chi connectivity index (χ3n) is 16.3. The molecule has 0 bridgehead atoms. The maximum Gasteiger partial charge on any atom is 0.501 e. The molecule has 0 aliphatic carbocycles. The minimum Gasteiger partial charge on any atom is -0.507 e. The lowest BCUT2D eigenvalue weighted by Gasteiger charge is -2.39. The Kier molecular flexibility index (Phi) is 29.5. The first-order chi connectivity index (χ1) is 49.3. The molecule has 5 heterocycles. The molecule has 33 nitrogen and oxygen atoms in total. The second-order valence-corrected chi connectivity index (χ2v) is 24.8. The fourth-order valence-electron chi connectivity index (χ4n) is 11.0. The number of halogens is 1. The fraction of sp³-hybridized carbons (Fsp3) is 0.507. The van der Waals surface area contributed by atoms with Crippen LogP contribution in [0.2, 0.25) is 0 Å². The van der Waals surface area contributed by atoms with E-state index < -0.39 is 76.9 Å². The number of alkyl halides is 1. The van der Waals surface area contributed by atoms with Crippen LogP contribution in [0, 0.1) is 0 Å². The average Bonchev–Trinajstić information content (AvgIpc) is 1.54. The van der Waals surface area contributed by atoms with E-state index in [4.69, 9.17) is 76.8 Å². The highest BCUT2D eigenvalue weighted by Gasteiger charge is 2.45. The third kappa shape index (κ3) is 21.3. The van der Waals surface area contributed by atoms with Gasteiger partial charge in [0.2, 0.25) is 6.29 Å². The molecule has 3 aliphatic heterocycles. The number of aromatic hydroxyl groups is 1. The highest BCUT2D eigenvalue weighted by atomic mass is 35.5. The number of ketones is 1. The largest absolute Gasteiger partial charge is 0.507 e. The maximum atomic E-state index is 14.5. The first kappa shape index (κ1) is 78.1. The number of carbonyl (C=O) groups is 5. The van der Waals surface area contributed by atoms with Crippen molar-refractivity contribution in [1.82, 2.24) is 29.8 Å². The number of benzene rings is 4. The Morgan fingerprint density at radius 3 is 1.90 bits per heavy atom. The van der Waals surface area contributed by atoms with Crippen LogP contribution in [0.3, 0.4) is 0 Å². The van der Waals surface area contributed by atoms with Crippen LogP contribution in [-0.2, 0) is 80.3 Å². The number of H-pyrrole nitrogens is 1. The molecule has 4 aromatic carbocycles. The molecule has 1 saturated heterocycles. The highest BCUT2D eigenvalue weighted by molar-refractivity contribution is 7.82. The summed E-state index contributed by atoms with van der Waals surface area (Å²) in [7, 11) is -2.39. The van der Waals surface area contributed by atoms with Gasteiger partial charge < -0.3 is 106 Å². The Labute approximate surface area is 591 Å². The number of nitrogens with one attached hydrogen (secondary N) is 1. The number of ether oxygens (including phenoxy) is 12. The Bertz CT molecular complexity index is 3930. The Morgan fingerprint density at radius 1 is 0.696 bits per heavy atom. The van der Waals surface area contributed by atoms with Crippen molar-refractivity contribution in [2.24, 2.45) is 0 Å². The van der Waals surface area contributed by atoms with Gasteiger partial charge in [-0.25, -0.2) is 4.68 Å². The van der Waals surface area contributed by atoms with Crippen molar-refractivity contribution in [3.8, 4) is 28.7 Å². The van der Waals surface area contributed by atoms with E-state index in [0.29, 0.717) is 126 Å². The molecule has 0 spiro atoms. The summed E-state index contributed by atoms with van der Waals surface area (Å²) in [6.07, 6.45) is -3.96. The Hall–Kier alpha value is -8.01. The zero-order valence-corrected chi connectivity index (χ0v) is 58.0. The fourth-order valence-corrected chi connectivity index (χ4v) is 12.0. The van der Waals surface area contributed by atoms with Gasteiger partial charge in [0.1, 0.15) is 41.6 Å². The molecular formula is C67H84ClN7O26S. The lowest BCUT2D eigenvalue weighted by Crippen LogP contribution is -2.60. The molecule has 6 aromatic rings. The van der Waals surface area contributed by atoms with Gasteiger partial charge in [0, 0.05) is 90.7 Å². The van der Waals surface area contributed by atoms with Gasteiger partial charge >= 0.3 is 10.4 Å². The van der Waals surface area contributed by atoms with Gasteiger partial charge in [0.25, 0.3) is 23.6 Å². The van der Waals surface area contributed by atoms with Crippen LogP contribution in [0.1, 0.15) is 55.3 Å². The zero-order chi connectivity index (χ0) is 72.7. The molecule has 1 unspecified atom stereocenters. The first-order valence-electron chi connectivity index (χ1n) is 32.8. The summed E-state index contributed by atoms with van der Waals surface area (Å²) in [5.74, 6) is -4.08. The van der Waals surface area contributed by atoms with Gasteiger partial charge in [-0.05, 0) is 66.4 Å². The lowest BCUT2D eigenvalue weighted by atomic mass is 9.95. The first-order valence-corrected chi connectivity index (χ1v) is 34.7. The summed E-state index contributed by atoms with van der Waals surface area (Å²) >= 11 is 6.57. The van der Waals surface area contributed by atoms with Crippen LogP contribution in [0.5, 0.6) is 28.7 Å². The quantitative estimate of drug-likeness (QED) is 0.0138. The number of anilines is 1. The highest BCUT2D eigenvalue weighted by Crippen LogP contribution is 2.48. The van der Waals surface area contributed by atoms with Crippen molar-refractivity contribution in [2.75, 3.05) is 170 Å². The molecule has 35 heteroatoms. The third-order valence-corrected chi connectivity index (χ3v) is 17.4. The van der Waals surface area contributed by atoms with Crippen molar-refractivity contribution in [1.29, 1.82) is 0 Å². The number of phenolic OH excluding ortho intramolecular Hbond substituents is 1. The number of aromatic nitrogens is 4. The van der Waals surface area contributed by atoms with Crippen LogP contribution in [0.4, 0.5) is 5.69 Å². The number of aliphatic hydroxyl groups is 4. The second-order valence-electron chi connectivity index (χ2n) is 23.4. The molecule has 2 aromatic heterocycles. The summed E-state index contributed by atoms with van der Waals surface area (Å²) in [6.45, 7) is 7.32. The standard InChI is InChI=1S/C67H84ClN7O26S/c1-42(77)49-32-44-33-52(69-51(44)36-54(49)78)66(85)75-39-45(38-68)61-50-35-47(88-3)5-6-48(50)56(37-53(61)75)100-102(86,87)101-57-34-43(4-7-55(57)98-67-64(83)63(82)62(81)58(41-76)99-67)65(84)72(2)11-15-90-19-23-94-24-20-91-16-12-73-40-46(70-71-73)10-14-89-18-22-93-26-28-96-30-31-97-29-27-95-25-21-92-17-13-74-59(79)8-9-60(74)80/h4-9,32-37,40,45,58,62-64,67,69,76,78,81-83H,10-31,38-39,41H2,1-3H3/t45-,58-,62+,63+,64?,67-/m1/s1. The number of nitrogens with zero attached hydrogens (tertiary/aromatic N) is 6. The molecular weight excluding hydrogens is 1390 g/mol. The Balaban J connectivity index is 0.682. The van der Waals surface area contributed by atoms with E-state index in [0.717, 1.165) is 22.7 Å². The molecule has 6 N–H and O–H groups in total. The van der Waals surface area contributed by atoms with Gasteiger partial charge in [0.15, 0.2) is 23.0 Å². The molecule has 556 valence electrons. The van der Waals surface area contributed by atoms with Gasteiger partial charge in [-0.2, -0.15) is 0 Å². The summed E-state index contributed by atoms with van der Waals surface area (Å²) in [6, 6.07) is 13.8. The van der Waals surface area contributed by atoms with Crippen molar-refractivity contribution < 1.29 is 123 Å². The maximum absolute atomic E-state index is 14.5.